The highest BCUT2D eigenvalue weighted by Gasteiger charge is 2.34. The molecule has 4 rings (SSSR count). The highest BCUT2D eigenvalue weighted by Crippen LogP contribution is 2.31. The fourth-order valence-corrected chi connectivity index (χ4v) is 3.61. The zero-order valence-corrected chi connectivity index (χ0v) is 16.9. The van der Waals surface area contributed by atoms with Crippen molar-refractivity contribution in [2.45, 2.75) is 19.8 Å². The highest BCUT2D eigenvalue weighted by atomic mass is 19.1. The van der Waals surface area contributed by atoms with E-state index in [1.165, 1.54) is 24.4 Å². The molecule has 10 nitrogen and oxygen atoms in total. The summed E-state index contributed by atoms with van der Waals surface area (Å²) < 4.78 is 24.5. The first kappa shape index (κ1) is 20.9. The maximum absolute atomic E-state index is 14.7. The molecule has 0 radical (unpaired) electrons. The molecule has 0 aliphatic carbocycles. The largest absolute Gasteiger partial charge is 0.602 e. The van der Waals surface area contributed by atoms with Crippen LogP contribution in [0, 0.1) is 27.1 Å². The van der Waals surface area contributed by atoms with E-state index >= 15 is 0 Å². The number of hydrogen-bond donors (Lipinski definition) is 0. The molecule has 2 aliphatic rings. The van der Waals surface area contributed by atoms with Gasteiger partial charge in [-0.2, -0.15) is 4.76 Å². The van der Waals surface area contributed by atoms with E-state index in [-0.39, 0.29) is 24.3 Å². The summed E-state index contributed by atoms with van der Waals surface area (Å²) in [6, 6.07) is 7.30. The lowest BCUT2D eigenvalue weighted by Gasteiger charge is -2.32. The van der Waals surface area contributed by atoms with Gasteiger partial charge < -0.3 is 19.3 Å². The highest BCUT2D eigenvalue weighted by molar-refractivity contribution is 5.80. The van der Waals surface area contributed by atoms with Gasteiger partial charge in [-0.1, -0.05) is 0 Å². The Labute approximate surface area is 177 Å². The first-order valence-electron chi connectivity index (χ1n) is 10.0. The molecule has 2 aromatic rings. The maximum Gasteiger partial charge on any atom is 0.433 e. The molecule has 1 saturated heterocycles. The number of hydroxylamine groups is 2. The molecule has 1 unspecified atom stereocenters. The van der Waals surface area contributed by atoms with Crippen molar-refractivity contribution in [1.29, 1.82) is 0 Å². The zero-order valence-electron chi connectivity index (χ0n) is 16.9. The standard InChI is InChI=1S/C20H22FN5O5/c1-2-26(29)13-30-20(23-26)14-7-9-24(10-8-14)18-5-3-15(11-17(18)21)22-12-16-4-6-19(31-16)25(27)28/h3-6,11-12,14H,2,7-10,13H2,1H3. The van der Waals surface area contributed by atoms with Crippen LogP contribution >= 0.6 is 0 Å². The predicted octanol–water partition coefficient (Wildman–Crippen LogP) is 3.93. The van der Waals surface area contributed by atoms with Crippen molar-refractivity contribution in [3.63, 3.8) is 0 Å². The number of quaternary nitrogens is 1. The van der Waals surface area contributed by atoms with E-state index in [1.807, 2.05) is 4.90 Å². The van der Waals surface area contributed by atoms with Crippen LogP contribution in [0.25, 0.3) is 0 Å². The zero-order chi connectivity index (χ0) is 22.0. The van der Waals surface area contributed by atoms with Crippen molar-refractivity contribution in [2.75, 3.05) is 31.3 Å². The number of ether oxygens (including phenoxy) is 1. The van der Waals surface area contributed by atoms with Gasteiger partial charge in [0, 0.05) is 25.1 Å². The number of rotatable bonds is 6. The van der Waals surface area contributed by atoms with Gasteiger partial charge in [-0.3, -0.25) is 15.1 Å². The smallest absolute Gasteiger partial charge is 0.433 e. The SMILES string of the molecule is CC[N+]1([O-])COC(C2CCN(c3ccc(N=Cc4ccc([N+](=O)[O-])o4)cc3F)CC2)=N1. The molecule has 0 N–H and O–H groups in total. The number of piperidine rings is 1. The monoisotopic (exact) mass is 431 g/mol. The summed E-state index contributed by atoms with van der Waals surface area (Å²) in [5, 5.41) is 27.0. The summed E-state index contributed by atoms with van der Waals surface area (Å²) >= 11 is 0. The molecule has 1 aromatic carbocycles. The van der Waals surface area contributed by atoms with Crippen LogP contribution in [0.15, 0.2) is 44.8 Å². The van der Waals surface area contributed by atoms with Gasteiger partial charge in [0.15, 0.2) is 5.76 Å². The van der Waals surface area contributed by atoms with Gasteiger partial charge in [-0.05, 0) is 43.1 Å². The Hall–Kier alpha value is -3.31. The van der Waals surface area contributed by atoms with Crippen molar-refractivity contribution in [3.05, 3.63) is 57.2 Å². The second-order valence-corrected chi connectivity index (χ2v) is 7.46. The van der Waals surface area contributed by atoms with E-state index in [4.69, 9.17) is 9.15 Å². The van der Waals surface area contributed by atoms with Crippen LogP contribution in [0.4, 0.5) is 21.6 Å². The molecule has 0 bridgehead atoms. The minimum Gasteiger partial charge on any atom is -0.602 e. The van der Waals surface area contributed by atoms with Gasteiger partial charge in [0.25, 0.3) is 5.90 Å². The van der Waals surface area contributed by atoms with Crippen molar-refractivity contribution >= 4 is 29.4 Å². The van der Waals surface area contributed by atoms with Gasteiger partial charge in [0.2, 0.25) is 6.73 Å². The molecule has 1 fully saturated rings. The summed E-state index contributed by atoms with van der Waals surface area (Å²) in [4.78, 5) is 16.1. The minimum absolute atomic E-state index is 0.0218. The first-order chi connectivity index (χ1) is 14.9. The molecule has 0 saturated carbocycles. The number of furan rings is 1. The molecule has 0 amide bonds. The van der Waals surface area contributed by atoms with Crippen molar-refractivity contribution in [1.82, 2.24) is 0 Å². The van der Waals surface area contributed by atoms with Crippen molar-refractivity contribution in [2.24, 2.45) is 16.0 Å². The molecular weight excluding hydrogens is 409 g/mol. The average molecular weight is 431 g/mol. The number of nitrogens with zero attached hydrogens (tertiary/aromatic N) is 5. The molecule has 11 heteroatoms. The van der Waals surface area contributed by atoms with E-state index in [0.29, 0.717) is 36.9 Å². The minimum atomic E-state index is -0.697. The topological polar surface area (TPSA) is 117 Å². The third-order valence-corrected chi connectivity index (χ3v) is 5.44. The average Bonchev–Trinajstić information content (AvgIpc) is 3.40. The Bertz CT molecular complexity index is 1030. The number of halogens is 1. The Kier molecular flexibility index (Phi) is 5.70. The van der Waals surface area contributed by atoms with Gasteiger partial charge in [0.1, 0.15) is 17.3 Å². The quantitative estimate of drug-likeness (QED) is 0.225. The molecule has 3 heterocycles. The van der Waals surface area contributed by atoms with Gasteiger partial charge >= 0.3 is 5.88 Å². The number of anilines is 1. The lowest BCUT2D eigenvalue weighted by molar-refractivity contribution is -0.892. The summed E-state index contributed by atoms with van der Waals surface area (Å²) in [6.45, 7) is 3.37. The molecule has 164 valence electrons. The van der Waals surface area contributed by atoms with Crippen molar-refractivity contribution in [3.8, 4) is 0 Å². The Morgan fingerprint density at radius 1 is 1.35 bits per heavy atom. The second kappa shape index (κ2) is 8.44. The maximum atomic E-state index is 14.7. The number of nitro groups is 1. The lowest BCUT2D eigenvalue weighted by Crippen LogP contribution is -2.37. The van der Waals surface area contributed by atoms with E-state index in [0.717, 1.165) is 12.8 Å². The number of hydrogen-bond acceptors (Lipinski definition) is 8. The molecule has 2 aliphatic heterocycles. The van der Waals surface area contributed by atoms with Gasteiger partial charge in [-0.15, -0.1) is 0 Å². The van der Waals surface area contributed by atoms with Gasteiger partial charge in [-0.25, -0.2) is 4.39 Å². The van der Waals surface area contributed by atoms with Crippen LogP contribution in [0.5, 0.6) is 0 Å². The Balaban J connectivity index is 1.38. The molecular formula is C20H22FN5O5. The van der Waals surface area contributed by atoms with Crippen LogP contribution in [0.2, 0.25) is 0 Å². The fraction of sp³-hybridized carbons (Fsp3) is 0.400. The van der Waals surface area contributed by atoms with E-state index in [9.17, 15) is 19.7 Å². The molecule has 0 spiro atoms. The molecule has 1 aromatic heterocycles. The first-order valence-corrected chi connectivity index (χ1v) is 10.0. The lowest BCUT2D eigenvalue weighted by atomic mass is 9.96. The third kappa shape index (κ3) is 4.57. The van der Waals surface area contributed by atoms with Crippen LogP contribution in [-0.4, -0.2) is 48.2 Å². The number of aliphatic imine (C=N–C) groups is 1. The fourth-order valence-electron chi connectivity index (χ4n) is 3.61. The summed E-state index contributed by atoms with van der Waals surface area (Å²) in [5.74, 6) is 0.00379. The van der Waals surface area contributed by atoms with Crippen LogP contribution in [0.3, 0.4) is 0 Å². The van der Waals surface area contributed by atoms with Gasteiger partial charge in [0.05, 0.1) is 23.7 Å². The van der Waals surface area contributed by atoms with E-state index < -0.39 is 15.5 Å². The Morgan fingerprint density at radius 3 is 2.74 bits per heavy atom. The number of benzene rings is 1. The third-order valence-electron chi connectivity index (χ3n) is 5.44. The molecule has 31 heavy (non-hydrogen) atoms. The normalized spacial score (nSPS) is 22.0. The van der Waals surface area contributed by atoms with Crippen molar-refractivity contribution < 1.29 is 23.2 Å². The summed E-state index contributed by atoms with van der Waals surface area (Å²) in [5.41, 5.74) is 0.843. The van der Waals surface area contributed by atoms with E-state index in [2.05, 4.69) is 10.1 Å². The Morgan fingerprint density at radius 2 is 2.13 bits per heavy atom. The van der Waals surface area contributed by atoms with Crippen LogP contribution < -0.4 is 4.90 Å². The summed E-state index contributed by atoms with van der Waals surface area (Å²) in [6.07, 6.45) is 2.75. The second-order valence-electron chi connectivity index (χ2n) is 7.46. The van der Waals surface area contributed by atoms with Crippen LogP contribution in [0.1, 0.15) is 25.5 Å². The molecule has 1 atom stereocenters. The van der Waals surface area contributed by atoms with Crippen LogP contribution in [-0.2, 0) is 4.74 Å². The summed E-state index contributed by atoms with van der Waals surface area (Å²) in [7, 11) is 0. The predicted molar refractivity (Wildman–Crippen MR) is 112 cm³/mol. The van der Waals surface area contributed by atoms with E-state index in [1.54, 1.807) is 19.1 Å².